The second-order valence-corrected chi connectivity index (χ2v) is 6.07. The van der Waals surface area contributed by atoms with Gasteiger partial charge in [0.25, 0.3) is 0 Å². The smallest absolute Gasteiger partial charge is 0.311 e. The Hall–Kier alpha value is -1.22. The van der Waals surface area contributed by atoms with Crippen LogP contribution in [-0.2, 0) is 11.2 Å². The first kappa shape index (κ1) is 16.2. The molecule has 2 aromatic rings. The minimum atomic E-state index is -0.902. The van der Waals surface area contributed by atoms with Gasteiger partial charge in [0.15, 0.2) is 0 Å². The summed E-state index contributed by atoms with van der Waals surface area (Å²) >= 11 is 17.9. The Bertz CT molecular complexity index is 683. The fourth-order valence-corrected chi connectivity index (χ4v) is 2.59. The summed E-state index contributed by atoms with van der Waals surface area (Å²) in [6.45, 7) is 1.88. The lowest BCUT2D eigenvalue weighted by Gasteiger charge is -2.14. The van der Waals surface area contributed by atoms with E-state index in [1.807, 2.05) is 13.0 Å². The summed E-state index contributed by atoms with van der Waals surface area (Å²) in [5.41, 5.74) is 2.40. The Labute approximate surface area is 138 Å². The molecular weight excluding hydrogens is 331 g/mol. The summed E-state index contributed by atoms with van der Waals surface area (Å²) in [6.07, 6.45) is 0.325. The summed E-state index contributed by atoms with van der Waals surface area (Å²) in [5, 5.41) is 10.9. The molecule has 1 N–H and O–H groups in total. The second kappa shape index (κ2) is 6.69. The Kier molecular flexibility index (Phi) is 5.15. The van der Waals surface area contributed by atoms with Gasteiger partial charge in [-0.25, -0.2) is 0 Å². The van der Waals surface area contributed by atoms with Crippen LogP contribution in [0.1, 0.15) is 22.6 Å². The molecule has 1 unspecified atom stereocenters. The van der Waals surface area contributed by atoms with Crippen molar-refractivity contribution in [2.75, 3.05) is 0 Å². The van der Waals surface area contributed by atoms with Crippen molar-refractivity contribution in [2.45, 2.75) is 19.3 Å². The summed E-state index contributed by atoms with van der Waals surface area (Å²) < 4.78 is 0. The fraction of sp³-hybridized carbons (Fsp3) is 0.188. The van der Waals surface area contributed by atoms with Gasteiger partial charge in [0.2, 0.25) is 0 Å². The van der Waals surface area contributed by atoms with Gasteiger partial charge in [0.1, 0.15) is 0 Å². The highest BCUT2D eigenvalue weighted by Crippen LogP contribution is 2.29. The van der Waals surface area contributed by atoms with E-state index >= 15 is 0 Å². The minimum Gasteiger partial charge on any atom is -0.481 e. The van der Waals surface area contributed by atoms with E-state index < -0.39 is 11.9 Å². The van der Waals surface area contributed by atoms with E-state index in [0.29, 0.717) is 27.1 Å². The molecule has 0 aliphatic carbocycles. The minimum absolute atomic E-state index is 0.325. The number of rotatable bonds is 4. The monoisotopic (exact) mass is 342 g/mol. The van der Waals surface area contributed by atoms with Gasteiger partial charge >= 0.3 is 5.97 Å². The third-order valence-electron chi connectivity index (χ3n) is 3.32. The maximum absolute atomic E-state index is 11.6. The number of aliphatic carboxylic acids is 1. The molecule has 0 spiro atoms. The standard InChI is InChI=1S/C16H13Cl3O2/c1-9-2-4-11(8-14(9)18)12(16(20)21)6-10-3-5-13(17)15(19)7-10/h2-5,7-8,12H,6H2,1H3,(H,20,21). The Morgan fingerprint density at radius 3 is 2.33 bits per heavy atom. The predicted molar refractivity (Wildman–Crippen MR) is 86.7 cm³/mol. The van der Waals surface area contributed by atoms with Crippen molar-refractivity contribution in [3.8, 4) is 0 Å². The molecule has 110 valence electrons. The molecule has 0 aromatic heterocycles. The average molecular weight is 344 g/mol. The molecular formula is C16H13Cl3O2. The molecule has 0 aliphatic heterocycles. The summed E-state index contributed by atoms with van der Waals surface area (Å²) in [6, 6.07) is 10.4. The van der Waals surface area contributed by atoms with Crippen LogP contribution in [0.2, 0.25) is 15.1 Å². The molecule has 0 bridgehead atoms. The van der Waals surface area contributed by atoms with Gasteiger partial charge < -0.3 is 5.11 Å². The third-order valence-corrected chi connectivity index (χ3v) is 4.47. The quantitative estimate of drug-likeness (QED) is 0.810. The molecule has 21 heavy (non-hydrogen) atoms. The fourth-order valence-electron chi connectivity index (χ4n) is 2.08. The largest absolute Gasteiger partial charge is 0.481 e. The van der Waals surface area contributed by atoms with E-state index in [0.717, 1.165) is 11.1 Å². The van der Waals surface area contributed by atoms with Crippen LogP contribution in [0.15, 0.2) is 36.4 Å². The maximum atomic E-state index is 11.6. The van der Waals surface area contributed by atoms with Crippen molar-refractivity contribution in [2.24, 2.45) is 0 Å². The lowest BCUT2D eigenvalue weighted by Crippen LogP contribution is -2.14. The highest BCUT2D eigenvalue weighted by atomic mass is 35.5. The van der Waals surface area contributed by atoms with Crippen LogP contribution >= 0.6 is 34.8 Å². The number of halogens is 3. The first-order valence-corrected chi connectivity index (χ1v) is 7.44. The lowest BCUT2D eigenvalue weighted by atomic mass is 9.91. The van der Waals surface area contributed by atoms with Crippen LogP contribution < -0.4 is 0 Å². The third kappa shape index (κ3) is 3.91. The normalized spacial score (nSPS) is 12.2. The van der Waals surface area contributed by atoms with Gasteiger partial charge in [0, 0.05) is 5.02 Å². The molecule has 0 saturated heterocycles. The van der Waals surface area contributed by atoms with E-state index in [-0.39, 0.29) is 0 Å². The van der Waals surface area contributed by atoms with Gasteiger partial charge in [-0.2, -0.15) is 0 Å². The van der Waals surface area contributed by atoms with Crippen LogP contribution in [-0.4, -0.2) is 11.1 Å². The van der Waals surface area contributed by atoms with Crippen LogP contribution in [0.4, 0.5) is 0 Å². The summed E-state index contributed by atoms with van der Waals surface area (Å²) in [4.78, 5) is 11.6. The lowest BCUT2D eigenvalue weighted by molar-refractivity contribution is -0.138. The van der Waals surface area contributed by atoms with Gasteiger partial charge in [0.05, 0.1) is 16.0 Å². The Morgan fingerprint density at radius 2 is 1.76 bits per heavy atom. The van der Waals surface area contributed by atoms with Crippen LogP contribution in [0, 0.1) is 6.92 Å². The molecule has 5 heteroatoms. The van der Waals surface area contributed by atoms with Crippen molar-refractivity contribution in [3.63, 3.8) is 0 Å². The number of hydrogen-bond acceptors (Lipinski definition) is 1. The molecule has 0 aliphatic rings. The summed E-state index contributed by atoms with van der Waals surface area (Å²) in [5.74, 6) is -1.58. The molecule has 2 rings (SSSR count). The van der Waals surface area contributed by atoms with Crippen LogP contribution in [0.25, 0.3) is 0 Å². The van der Waals surface area contributed by atoms with Crippen LogP contribution in [0.3, 0.4) is 0 Å². The van der Waals surface area contributed by atoms with Gasteiger partial charge in [-0.1, -0.05) is 53.0 Å². The van der Waals surface area contributed by atoms with Crippen molar-refractivity contribution in [3.05, 3.63) is 68.2 Å². The number of hydrogen-bond donors (Lipinski definition) is 1. The predicted octanol–water partition coefficient (Wildman–Crippen LogP) is 5.37. The van der Waals surface area contributed by atoms with Crippen molar-refractivity contribution in [1.29, 1.82) is 0 Å². The highest BCUT2D eigenvalue weighted by Gasteiger charge is 2.21. The van der Waals surface area contributed by atoms with Gasteiger partial charge in [-0.05, 0) is 48.2 Å². The van der Waals surface area contributed by atoms with E-state index in [1.54, 1.807) is 30.3 Å². The zero-order chi connectivity index (χ0) is 15.6. The highest BCUT2D eigenvalue weighted by molar-refractivity contribution is 6.42. The molecule has 2 nitrogen and oxygen atoms in total. The SMILES string of the molecule is Cc1ccc(C(Cc2ccc(Cl)c(Cl)c2)C(=O)O)cc1Cl. The Balaban J connectivity index is 2.32. The van der Waals surface area contributed by atoms with Crippen LogP contribution in [0.5, 0.6) is 0 Å². The molecule has 0 radical (unpaired) electrons. The van der Waals surface area contributed by atoms with Crippen molar-refractivity contribution in [1.82, 2.24) is 0 Å². The first-order valence-electron chi connectivity index (χ1n) is 6.31. The van der Waals surface area contributed by atoms with Crippen molar-refractivity contribution < 1.29 is 9.90 Å². The number of aryl methyl sites for hydroxylation is 1. The number of benzene rings is 2. The summed E-state index contributed by atoms with van der Waals surface area (Å²) in [7, 11) is 0. The molecule has 0 amide bonds. The zero-order valence-corrected chi connectivity index (χ0v) is 13.5. The molecule has 2 aromatic carbocycles. The topological polar surface area (TPSA) is 37.3 Å². The van der Waals surface area contributed by atoms with E-state index in [9.17, 15) is 9.90 Å². The molecule has 0 heterocycles. The Morgan fingerprint density at radius 1 is 1.05 bits per heavy atom. The number of carboxylic acids is 1. The zero-order valence-electron chi connectivity index (χ0n) is 11.2. The average Bonchev–Trinajstić information content (AvgIpc) is 2.43. The second-order valence-electron chi connectivity index (χ2n) is 4.85. The van der Waals surface area contributed by atoms with Gasteiger partial charge in [-0.3, -0.25) is 4.79 Å². The maximum Gasteiger partial charge on any atom is 0.311 e. The number of carbonyl (C=O) groups is 1. The van der Waals surface area contributed by atoms with E-state index in [2.05, 4.69) is 0 Å². The van der Waals surface area contributed by atoms with E-state index in [1.165, 1.54) is 0 Å². The van der Waals surface area contributed by atoms with Crippen molar-refractivity contribution >= 4 is 40.8 Å². The molecule has 1 atom stereocenters. The van der Waals surface area contributed by atoms with Gasteiger partial charge in [-0.15, -0.1) is 0 Å². The first-order chi connectivity index (χ1) is 9.88. The number of carboxylic acid groups (broad SMARTS) is 1. The molecule has 0 fully saturated rings. The molecule has 0 saturated carbocycles. The van der Waals surface area contributed by atoms with E-state index in [4.69, 9.17) is 34.8 Å².